The zero-order chi connectivity index (χ0) is 20.5. The number of hydrogen-bond donors (Lipinski definition) is 0. The standard InChI is InChI=1S/C23H36O5/c1-7-12-27-18-13-19(28-14-25-5)22(4)15(2)8-10-23(16(3)20(18)24)11-9-17(26-6)21(22)23/h1,15-19,21H,8-14H2,2-6H3/t15-,16+,17-,18?,19-,21?,22+,23?/m1/s1. The minimum absolute atomic E-state index is 0.0636. The summed E-state index contributed by atoms with van der Waals surface area (Å²) in [5, 5.41) is 0. The topological polar surface area (TPSA) is 54.0 Å². The smallest absolute Gasteiger partial charge is 0.165 e. The lowest BCUT2D eigenvalue weighted by Gasteiger charge is -2.61. The number of carbonyl (C=O) groups is 1. The SMILES string of the molecule is C#CCOC1C[C@@H](OCOC)[C@@]2(C)C3[C@H](OC)CCC3(CC[C@H]2C)[C@@H](C)C1=O. The van der Waals surface area contributed by atoms with Gasteiger partial charge in [0.25, 0.3) is 0 Å². The fraction of sp³-hybridized carbons (Fsp3) is 0.870. The van der Waals surface area contributed by atoms with E-state index in [-0.39, 0.29) is 54.1 Å². The second-order valence-electron chi connectivity index (χ2n) is 9.25. The Hall–Kier alpha value is -0.930. The van der Waals surface area contributed by atoms with Crippen molar-refractivity contribution in [2.75, 3.05) is 27.6 Å². The molecule has 3 unspecified atom stereocenters. The van der Waals surface area contributed by atoms with Crippen molar-refractivity contribution in [1.82, 2.24) is 0 Å². The summed E-state index contributed by atoms with van der Waals surface area (Å²) in [6.45, 7) is 7.12. The monoisotopic (exact) mass is 392 g/mol. The number of carbonyl (C=O) groups excluding carboxylic acids is 1. The molecule has 0 aromatic carbocycles. The summed E-state index contributed by atoms with van der Waals surface area (Å²) in [6, 6.07) is 0. The van der Waals surface area contributed by atoms with E-state index in [0.29, 0.717) is 12.3 Å². The molecule has 5 heteroatoms. The third-order valence-electron chi connectivity index (χ3n) is 8.45. The lowest BCUT2D eigenvalue weighted by atomic mass is 9.45. The van der Waals surface area contributed by atoms with Gasteiger partial charge in [-0.3, -0.25) is 4.79 Å². The Morgan fingerprint density at radius 3 is 2.54 bits per heavy atom. The molecule has 0 spiro atoms. The fourth-order valence-electron chi connectivity index (χ4n) is 6.80. The van der Waals surface area contributed by atoms with Gasteiger partial charge < -0.3 is 18.9 Å². The van der Waals surface area contributed by atoms with Crippen LogP contribution in [0.25, 0.3) is 0 Å². The second kappa shape index (κ2) is 8.44. The third-order valence-corrected chi connectivity index (χ3v) is 8.45. The van der Waals surface area contributed by atoms with Crippen LogP contribution in [0.15, 0.2) is 0 Å². The quantitative estimate of drug-likeness (QED) is 0.512. The summed E-state index contributed by atoms with van der Waals surface area (Å²) in [5.41, 5.74) is -0.188. The van der Waals surface area contributed by atoms with E-state index in [1.54, 1.807) is 7.11 Å². The number of ether oxygens (including phenoxy) is 4. The molecule has 3 aliphatic rings. The molecule has 3 saturated carbocycles. The molecule has 0 radical (unpaired) electrons. The van der Waals surface area contributed by atoms with Crippen LogP contribution in [0.1, 0.15) is 52.9 Å². The molecule has 0 heterocycles. The first kappa shape index (κ1) is 21.8. The number of ketones is 1. The minimum Gasteiger partial charge on any atom is -0.381 e. The number of Topliss-reactive ketones (excluding diaryl/α,β-unsaturated/α-hetero) is 1. The average molecular weight is 393 g/mol. The largest absolute Gasteiger partial charge is 0.381 e. The van der Waals surface area contributed by atoms with Gasteiger partial charge in [-0.25, -0.2) is 0 Å². The zero-order valence-corrected chi connectivity index (χ0v) is 18.0. The summed E-state index contributed by atoms with van der Waals surface area (Å²) < 4.78 is 23.4. The highest BCUT2D eigenvalue weighted by Gasteiger charge is 2.67. The van der Waals surface area contributed by atoms with E-state index >= 15 is 0 Å². The van der Waals surface area contributed by atoms with E-state index in [2.05, 4.69) is 26.7 Å². The van der Waals surface area contributed by atoms with Crippen molar-refractivity contribution in [2.24, 2.45) is 28.6 Å². The van der Waals surface area contributed by atoms with E-state index in [1.807, 2.05) is 7.11 Å². The van der Waals surface area contributed by atoms with E-state index in [4.69, 9.17) is 25.4 Å². The Bertz CT molecular complexity index is 613. The Kier molecular flexibility index (Phi) is 6.56. The van der Waals surface area contributed by atoms with E-state index < -0.39 is 6.10 Å². The molecule has 0 saturated heterocycles. The van der Waals surface area contributed by atoms with Gasteiger partial charge in [-0.1, -0.05) is 26.7 Å². The number of hydrogen-bond acceptors (Lipinski definition) is 5. The molecule has 0 aromatic rings. The van der Waals surface area contributed by atoms with Crippen LogP contribution in [-0.4, -0.2) is 51.7 Å². The maximum absolute atomic E-state index is 13.5. The number of terminal acetylenes is 1. The van der Waals surface area contributed by atoms with Crippen molar-refractivity contribution in [3.8, 4) is 12.3 Å². The minimum atomic E-state index is -0.531. The van der Waals surface area contributed by atoms with Crippen LogP contribution in [0.3, 0.4) is 0 Å². The molecule has 28 heavy (non-hydrogen) atoms. The molecule has 3 aliphatic carbocycles. The maximum Gasteiger partial charge on any atom is 0.165 e. The number of rotatable bonds is 6. The molecule has 5 nitrogen and oxygen atoms in total. The van der Waals surface area contributed by atoms with Gasteiger partial charge in [0.15, 0.2) is 5.78 Å². The van der Waals surface area contributed by atoms with Crippen molar-refractivity contribution in [3.05, 3.63) is 0 Å². The molecule has 0 aliphatic heterocycles. The van der Waals surface area contributed by atoms with Gasteiger partial charge >= 0.3 is 0 Å². The van der Waals surface area contributed by atoms with Crippen LogP contribution in [0.5, 0.6) is 0 Å². The van der Waals surface area contributed by atoms with Crippen molar-refractivity contribution in [2.45, 2.75) is 71.2 Å². The molecule has 158 valence electrons. The highest BCUT2D eigenvalue weighted by Crippen LogP contribution is 2.67. The first-order valence-corrected chi connectivity index (χ1v) is 10.6. The summed E-state index contributed by atoms with van der Waals surface area (Å²) in [4.78, 5) is 13.5. The van der Waals surface area contributed by atoms with Gasteiger partial charge in [0.2, 0.25) is 0 Å². The molecule has 0 amide bonds. The normalized spacial score (nSPS) is 45.8. The van der Waals surface area contributed by atoms with E-state index in [0.717, 1.165) is 25.7 Å². The van der Waals surface area contributed by atoms with Crippen LogP contribution >= 0.6 is 0 Å². The summed E-state index contributed by atoms with van der Waals surface area (Å²) in [7, 11) is 3.44. The predicted octanol–water partition coefficient (Wildman–Crippen LogP) is 3.45. The first-order chi connectivity index (χ1) is 13.4. The average Bonchev–Trinajstić information content (AvgIpc) is 3.09. The molecule has 8 atom stereocenters. The zero-order valence-electron chi connectivity index (χ0n) is 18.0. The molecule has 3 rings (SSSR count). The van der Waals surface area contributed by atoms with Crippen LogP contribution in [0.2, 0.25) is 0 Å². The Morgan fingerprint density at radius 2 is 1.89 bits per heavy atom. The maximum atomic E-state index is 13.5. The Morgan fingerprint density at radius 1 is 1.18 bits per heavy atom. The van der Waals surface area contributed by atoms with Gasteiger partial charge in [-0.2, -0.15) is 0 Å². The third kappa shape index (κ3) is 3.23. The van der Waals surface area contributed by atoms with Gasteiger partial charge in [0.1, 0.15) is 19.5 Å². The molecule has 2 bridgehead atoms. The van der Waals surface area contributed by atoms with Gasteiger partial charge in [-0.15, -0.1) is 6.42 Å². The summed E-state index contributed by atoms with van der Waals surface area (Å²) >= 11 is 0. The Labute approximate surface area is 169 Å². The van der Waals surface area contributed by atoms with Gasteiger partial charge in [0, 0.05) is 32.0 Å². The lowest BCUT2D eigenvalue weighted by molar-refractivity contribution is -0.219. The van der Waals surface area contributed by atoms with Crippen molar-refractivity contribution >= 4 is 5.78 Å². The molecular weight excluding hydrogens is 356 g/mol. The highest BCUT2D eigenvalue weighted by molar-refractivity contribution is 5.86. The van der Waals surface area contributed by atoms with Crippen LogP contribution in [-0.2, 0) is 23.7 Å². The predicted molar refractivity (Wildman–Crippen MR) is 107 cm³/mol. The molecule has 0 aromatic heterocycles. The number of methoxy groups -OCH3 is 2. The first-order valence-electron chi connectivity index (χ1n) is 10.6. The highest BCUT2D eigenvalue weighted by atomic mass is 16.7. The van der Waals surface area contributed by atoms with Crippen LogP contribution < -0.4 is 0 Å². The summed E-state index contributed by atoms with van der Waals surface area (Å²) in [6.07, 6.45) is 9.57. The molecule has 3 fully saturated rings. The van der Waals surface area contributed by atoms with Gasteiger partial charge in [-0.05, 0) is 42.9 Å². The summed E-state index contributed by atoms with van der Waals surface area (Å²) in [5.74, 6) is 3.34. The van der Waals surface area contributed by atoms with Crippen molar-refractivity contribution in [3.63, 3.8) is 0 Å². The van der Waals surface area contributed by atoms with E-state index in [9.17, 15) is 4.79 Å². The van der Waals surface area contributed by atoms with Gasteiger partial charge in [0.05, 0.1) is 12.2 Å². The van der Waals surface area contributed by atoms with Crippen molar-refractivity contribution < 1.29 is 23.7 Å². The molecular formula is C23H36O5. The Balaban J connectivity index is 2.10. The fourth-order valence-corrected chi connectivity index (χ4v) is 6.80. The van der Waals surface area contributed by atoms with Crippen molar-refractivity contribution in [1.29, 1.82) is 0 Å². The molecule has 0 N–H and O–H groups in total. The van der Waals surface area contributed by atoms with Crippen LogP contribution in [0.4, 0.5) is 0 Å². The second-order valence-corrected chi connectivity index (χ2v) is 9.25. The lowest BCUT2D eigenvalue weighted by Crippen LogP contribution is -2.62. The van der Waals surface area contributed by atoms with E-state index in [1.165, 1.54) is 0 Å². The van der Waals surface area contributed by atoms with Crippen LogP contribution in [0, 0.1) is 40.9 Å².